The van der Waals surface area contributed by atoms with Crippen LogP contribution in [0.2, 0.25) is 0 Å². The van der Waals surface area contributed by atoms with E-state index in [1.807, 2.05) is 30.0 Å². The lowest BCUT2D eigenvalue weighted by Crippen LogP contribution is -2.17. The Morgan fingerprint density at radius 1 is 1.13 bits per heavy atom. The quantitative estimate of drug-likeness (QED) is 0.637. The van der Waals surface area contributed by atoms with Gasteiger partial charge in [0, 0.05) is 30.6 Å². The van der Waals surface area contributed by atoms with E-state index in [0.29, 0.717) is 12.2 Å². The van der Waals surface area contributed by atoms with Gasteiger partial charge in [-0.05, 0) is 36.6 Å². The van der Waals surface area contributed by atoms with E-state index in [1.165, 1.54) is 12.1 Å². The highest BCUT2D eigenvalue weighted by Crippen LogP contribution is 2.39. The van der Waals surface area contributed by atoms with Gasteiger partial charge in [-0.1, -0.05) is 12.1 Å². The summed E-state index contributed by atoms with van der Waals surface area (Å²) in [5, 5.41) is 11.0. The first-order chi connectivity index (χ1) is 10.8. The van der Waals surface area contributed by atoms with Gasteiger partial charge in [-0.2, -0.15) is 0 Å². The predicted octanol–water partition coefficient (Wildman–Crippen LogP) is 3.00. The third-order valence-electron chi connectivity index (χ3n) is 3.98. The van der Waals surface area contributed by atoms with Crippen molar-refractivity contribution in [1.29, 1.82) is 0 Å². The first-order valence-corrected chi connectivity index (χ1v) is 9.02. The number of nitro benzene ring substituents is 1. The molecule has 0 fully saturated rings. The van der Waals surface area contributed by atoms with Gasteiger partial charge in [0.25, 0.3) is 5.69 Å². The summed E-state index contributed by atoms with van der Waals surface area (Å²) in [6.45, 7) is 2.63. The molecule has 0 atom stereocenters. The number of non-ortho nitro benzene ring substituents is 1. The van der Waals surface area contributed by atoms with Gasteiger partial charge in [-0.25, -0.2) is 8.42 Å². The number of nitrogens with zero attached hydrogens (tertiary/aromatic N) is 2. The number of anilines is 2. The van der Waals surface area contributed by atoms with Crippen molar-refractivity contribution >= 4 is 26.9 Å². The molecule has 0 saturated carbocycles. The highest BCUT2D eigenvalue weighted by molar-refractivity contribution is 7.90. The molecule has 3 rings (SSSR count). The van der Waals surface area contributed by atoms with Crippen LogP contribution in [0.25, 0.3) is 0 Å². The average molecular weight is 332 g/mol. The Morgan fingerprint density at radius 2 is 1.87 bits per heavy atom. The SMILES string of the molecule is Cc1ccc2c(c1)N(c1ccc([N+](=O)[O-])cc1S(C)(=O)=O)CC2. The molecule has 120 valence electrons. The Labute approximate surface area is 134 Å². The topological polar surface area (TPSA) is 80.5 Å². The minimum atomic E-state index is -3.59. The molecule has 0 saturated heterocycles. The zero-order valence-corrected chi connectivity index (χ0v) is 13.6. The van der Waals surface area contributed by atoms with E-state index in [9.17, 15) is 18.5 Å². The van der Waals surface area contributed by atoms with Crippen molar-refractivity contribution < 1.29 is 13.3 Å². The number of rotatable bonds is 3. The van der Waals surface area contributed by atoms with Crippen LogP contribution in [0, 0.1) is 17.0 Å². The van der Waals surface area contributed by atoms with Gasteiger partial charge in [0.15, 0.2) is 9.84 Å². The summed E-state index contributed by atoms with van der Waals surface area (Å²) in [6, 6.07) is 10.1. The van der Waals surface area contributed by atoms with Crippen molar-refractivity contribution in [3.8, 4) is 0 Å². The van der Waals surface area contributed by atoms with Crippen LogP contribution in [-0.4, -0.2) is 26.1 Å². The summed E-state index contributed by atoms with van der Waals surface area (Å²) < 4.78 is 24.2. The summed E-state index contributed by atoms with van der Waals surface area (Å²) in [5.74, 6) is 0. The molecule has 0 amide bonds. The first-order valence-electron chi connectivity index (χ1n) is 7.13. The molecule has 6 nitrogen and oxygen atoms in total. The molecule has 1 aliphatic rings. The van der Waals surface area contributed by atoms with Crippen LogP contribution in [0.4, 0.5) is 17.1 Å². The molecule has 23 heavy (non-hydrogen) atoms. The Hall–Kier alpha value is -2.41. The lowest BCUT2D eigenvalue weighted by Gasteiger charge is -2.22. The van der Waals surface area contributed by atoms with Gasteiger partial charge < -0.3 is 4.90 Å². The van der Waals surface area contributed by atoms with Crippen molar-refractivity contribution in [3.05, 3.63) is 57.6 Å². The summed E-state index contributed by atoms with van der Waals surface area (Å²) in [7, 11) is -3.59. The molecule has 0 aliphatic carbocycles. The number of aryl methyl sites for hydroxylation is 1. The Balaban J connectivity index is 2.19. The minimum Gasteiger partial charge on any atom is -0.340 e. The smallest absolute Gasteiger partial charge is 0.270 e. The van der Waals surface area contributed by atoms with Gasteiger partial charge in [0.05, 0.1) is 15.5 Å². The van der Waals surface area contributed by atoms with Gasteiger partial charge in [0.2, 0.25) is 0 Å². The molecule has 0 radical (unpaired) electrons. The second-order valence-electron chi connectivity index (χ2n) is 5.72. The average Bonchev–Trinajstić information content (AvgIpc) is 2.88. The molecule has 2 aromatic rings. The molecule has 0 spiro atoms. The Bertz CT molecular complexity index is 906. The normalized spacial score (nSPS) is 13.9. The van der Waals surface area contributed by atoms with E-state index < -0.39 is 14.8 Å². The largest absolute Gasteiger partial charge is 0.340 e. The Morgan fingerprint density at radius 3 is 2.52 bits per heavy atom. The highest BCUT2D eigenvalue weighted by Gasteiger charge is 2.27. The molecule has 0 N–H and O–H groups in total. The fourth-order valence-corrected chi connectivity index (χ4v) is 3.77. The second kappa shape index (κ2) is 5.34. The summed E-state index contributed by atoms with van der Waals surface area (Å²) in [4.78, 5) is 12.3. The van der Waals surface area contributed by atoms with Crippen molar-refractivity contribution in [1.82, 2.24) is 0 Å². The standard InChI is InChI=1S/C16H16N2O4S/c1-11-3-4-12-7-8-17(15(12)9-11)14-6-5-13(18(19)20)10-16(14)23(2,21)22/h3-6,9-10H,7-8H2,1-2H3. The van der Waals surface area contributed by atoms with Crippen LogP contribution in [-0.2, 0) is 16.3 Å². The lowest BCUT2D eigenvalue weighted by atomic mass is 10.1. The highest BCUT2D eigenvalue weighted by atomic mass is 32.2. The fourth-order valence-electron chi connectivity index (χ4n) is 2.88. The maximum absolute atomic E-state index is 12.1. The zero-order chi connectivity index (χ0) is 16.8. The van der Waals surface area contributed by atoms with E-state index in [2.05, 4.69) is 0 Å². The van der Waals surface area contributed by atoms with Crippen molar-refractivity contribution in [2.75, 3.05) is 17.7 Å². The maximum atomic E-state index is 12.1. The van der Waals surface area contributed by atoms with E-state index in [4.69, 9.17) is 0 Å². The van der Waals surface area contributed by atoms with Gasteiger partial charge in [-0.15, -0.1) is 0 Å². The van der Waals surface area contributed by atoms with Crippen LogP contribution >= 0.6 is 0 Å². The summed E-state index contributed by atoms with van der Waals surface area (Å²) >= 11 is 0. The predicted molar refractivity (Wildman–Crippen MR) is 88.1 cm³/mol. The van der Waals surface area contributed by atoms with Crippen LogP contribution in [0.15, 0.2) is 41.3 Å². The first kappa shape index (κ1) is 15.5. The van der Waals surface area contributed by atoms with E-state index in [1.54, 1.807) is 0 Å². The van der Waals surface area contributed by atoms with Crippen LogP contribution in [0.5, 0.6) is 0 Å². The molecule has 1 heterocycles. The van der Waals surface area contributed by atoms with Crippen molar-refractivity contribution in [3.63, 3.8) is 0 Å². The molecule has 0 unspecified atom stereocenters. The molecular weight excluding hydrogens is 316 g/mol. The van der Waals surface area contributed by atoms with Crippen molar-refractivity contribution in [2.24, 2.45) is 0 Å². The Kier molecular flexibility index (Phi) is 3.60. The molecule has 1 aliphatic heterocycles. The second-order valence-corrected chi connectivity index (χ2v) is 7.70. The lowest BCUT2D eigenvalue weighted by molar-refractivity contribution is -0.385. The third-order valence-corrected chi connectivity index (χ3v) is 5.11. The number of benzene rings is 2. The number of hydrogen-bond donors (Lipinski definition) is 0. The third kappa shape index (κ3) is 2.79. The number of nitro groups is 1. The van der Waals surface area contributed by atoms with E-state index >= 15 is 0 Å². The maximum Gasteiger partial charge on any atom is 0.270 e. The summed E-state index contributed by atoms with van der Waals surface area (Å²) in [5.41, 5.74) is 3.45. The zero-order valence-electron chi connectivity index (χ0n) is 12.8. The van der Waals surface area contributed by atoms with E-state index in [-0.39, 0.29) is 10.6 Å². The molecule has 0 aromatic heterocycles. The number of hydrogen-bond acceptors (Lipinski definition) is 5. The molecular formula is C16H16N2O4S. The number of sulfone groups is 1. The molecule has 0 bridgehead atoms. The van der Waals surface area contributed by atoms with Crippen molar-refractivity contribution in [2.45, 2.75) is 18.2 Å². The summed E-state index contributed by atoms with van der Waals surface area (Å²) in [6.07, 6.45) is 1.89. The molecule has 2 aromatic carbocycles. The van der Waals surface area contributed by atoms with Gasteiger partial charge in [-0.3, -0.25) is 10.1 Å². The van der Waals surface area contributed by atoms with Gasteiger partial charge >= 0.3 is 0 Å². The van der Waals surface area contributed by atoms with Crippen LogP contribution < -0.4 is 4.90 Å². The minimum absolute atomic E-state index is 0.0129. The number of fused-ring (bicyclic) bond motifs is 1. The van der Waals surface area contributed by atoms with Gasteiger partial charge in [0.1, 0.15) is 0 Å². The fraction of sp³-hybridized carbons (Fsp3) is 0.250. The van der Waals surface area contributed by atoms with Crippen LogP contribution in [0.1, 0.15) is 11.1 Å². The monoisotopic (exact) mass is 332 g/mol. The molecule has 7 heteroatoms. The van der Waals surface area contributed by atoms with Crippen LogP contribution in [0.3, 0.4) is 0 Å². The van der Waals surface area contributed by atoms with E-state index in [0.717, 1.165) is 35.6 Å².